The molecule has 8 rings (SSSR count). The number of hydrogen-bond acceptors (Lipinski definition) is 4. The van der Waals surface area contributed by atoms with Crippen LogP contribution in [0.15, 0.2) is 95.5 Å². The van der Waals surface area contributed by atoms with Gasteiger partial charge >= 0.3 is 5.84 Å². The lowest BCUT2D eigenvalue weighted by atomic mass is 9.61. The number of oxazole rings is 1. The van der Waals surface area contributed by atoms with Crippen molar-refractivity contribution in [3.05, 3.63) is 113 Å². The van der Waals surface area contributed by atoms with Crippen LogP contribution in [0.3, 0.4) is 0 Å². The van der Waals surface area contributed by atoms with Gasteiger partial charge in [0.1, 0.15) is 17.0 Å². The number of imidazole rings is 1. The van der Waals surface area contributed by atoms with E-state index in [2.05, 4.69) is 147 Å². The Morgan fingerprint density at radius 1 is 0.653 bits per heavy atom. The van der Waals surface area contributed by atoms with E-state index in [0.717, 1.165) is 50.5 Å². The van der Waals surface area contributed by atoms with Crippen LogP contribution in [-0.2, 0) is 21.7 Å². The molecule has 248 valence electrons. The molecule has 0 bridgehead atoms. The van der Waals surface area contributed by atoms with E-state index >= 15 is 0 Å². The Morgan fingerprint density at radius 2 is 1.29 bits per heavy atom. The minimum Gasteiger partial charge on any atom is -0.456 e. The molecule has 0 saturated carbocycles. The average molecular weight is 648 g/mol. The van der Waals surface area contributed by atoms with E-state index in [-0.39, 0.29) is 21.7 Å². The van der Waals surface area contributed by atoms with E-state index in [1.807, 2.05) is 18.2 Å². The number of benzene rings is 4. The number of fused-ring (bicyclic) bond motifs is 7. The van der Waals surface area contributed by atoms with Gasteiger partial charge in [-0.1, -0.05) is 124 Å². The van der Waals surface area contributed by atoms with Gasteiger partial charge in [0.05, 0.1) is 16.7 Å². The van der Waals surface area contributed by atoms with Gasteiger partial charge in [-0.2, -0.15) is 4.98 Å². The molecule has 0 spiro atoms. The lowest BCUT2D eigenvalue weighted by Crippen LogP contribution is -2.39. The summed E-state index contributed by atoms with van der Waals surface area (Å²) < 4.78 is 15.5. The number of nitrogens with zero attached hydrogens (tertiary/aromatic N) is 3. The van der Waals surface area contributed by atoms with Gasteiger partial charge in [0.2, 0.25) is 0 Å². The standard InChI is InChI=1S/C44H45N3O2/c1-41(2,3)30-25-45-38(27-18-15-20-29-39(27)48-33-23-13-11-19-28(33)43(7,8)44(29,9)10)36(42(4,5)6)35(30)26-17-16-22-32-37(26)46-40-47(32)31-21-12-14-24-34(31)49-40/h11-25H,1-10H3. The first-order valence-electron chi connectivity index (χ1n) is 17.3. The van der Waals surface area contributed by atoms with Crippen molar-refractivity contribution in [2.45, 2.75) is 90.9 Å². The summed E-state index contributed by atoms with van der Waals surface area (Å²) in [7, 11) is 0. The molecule has 5 heteroatoms. The zero-order chi connectivity index (χ0) is 34.7. The zero-order valence-corrected chi connectivity index (χ0v) is 30.3. The maximum absolute atomic E-state index is 7.04. The Morgan fingerprint density at radius 3 is 2.04 bits per heavy atom. The fourth-order valence-corrected chi connectivity index (χ4v) is 7.88. The van der Waals surface area contributed by atoms with Crippen LogP contribution in [0.25, 0.3) is 50.4 Å². The molecule has 4 heterocycles. The molecule has 1 aliphatic rings. The summed E-state index contributed by atoms with van der Waals surface area (Å²) >= 11 is 0. The summed E-state index contributed by atoms with van der Waals surface area (Å²) in [4.78, 5) is 10.5. The first kappa shape index (κ1) is 31.4. The molecule has 1 aliphatic heterocycles. The Bertz CT molecular complexity index is 2440. The second kappa shape index (κ2) is 10.3. The molecule has 3 aromatic heterocycles. The second-order valence-electron chi connectivity index (χ2n) is 16.8. The summed E-state index contributed by atoms with van der Waals surface area (Å²) in [5, 5.41) is 0. The molecule has 0 amide bonds. The van der Waals surface area contributed by atoms with Gasteiger partial charge in [0, 0.05) is 39.3 Å². The molecule has 0 N–H and O–H groups in total. The van der Waals surface area contributed by atoms with Crippen molar-refractivity contribution in [1.29, 1.82) is 0 Å². The molecule has 49 heavy (non-hydrogen) atoms. The molecule has 0 unspecified atom stereocenters. The summed E-state index contributed by atoms with van der Waals surface area (Å²) in [5.41, 5.74) is 11.8. The first-order chi connectivity index (χ1) is 23.1. The van der Waals surface area contributed by atoms with Crippen LogP contribution in [0.1, 0.15) is 91.5 Å². The largest absolute Gasteiger partial charge is 0.456 e. The van der Waals surface area contributed by atoms with E-state index in [9.17, 15) is 0 Å². The molecule has 0 fully saturated rings. The molecular weight excluding hydrogens is 603 g/mol. The highest BCUT2D eigenvalue weighted by Gasteiger charge is 2.46. The molecule has 7 aromatic rings. The van der Waals surface area contributed by atoms with Crippen LogP contribution in [0, 0.1) is 0 Å². The van der Waals surface area contributed by atoms with Crippen molar-refractivity contribution in [2.75, 3.05) is 0 Å². The fourth-order valence-electron chi connectivity index (χ4n) is 7.88. The van der Waals surface area contributed by atoms with Crippen molar-refractivity contribution in [3.63, 3.8) is 0 Å². The number of rotatable bonds is 2. The highest BCUT2D eigenvalue weighted by Crippen LogP contribution is 2.56. The van der Waals surface area contributed by atoms with Crippen molar-refractivity contribution in [3.8, 4) is 33.9 Å². The maximum Gasteiger partial charge on any atom is 0.307 e. The number of pyridine rings is 1. The second-order valence-corrected chi connectivity index (χ2v) is 16.8. The molecule has 5 nitrogen and oxygen atoms in total. The summed E-state index contributed by atoms with van der Waals surface area (Å²) in [6.07, 6.45) is 2.09. The molecule has 0 saturated heterocycles. The van der Waals surface area contributed by atoms with Crippen LogP contribution >= 0.6 is 0 Å². The number of hydrogen-bond donors (Lipinski definition) is 0. The lowest BCUT2D eigenvalue weighted by Gasteiger charge is -2.41. The van der Waals surface area contributed by atoms with Crippen LogP contribution in [0.5, 0.6) is 11.5 Å². The van der Waals surface area contributed by atoms with E-state index < -0.39 is 0 Å². The molecular formula is C44H45N3O2. The maximum atomic E-state index is 7.04. The van der Waals surface area contributed by atoms with Crippen LogP contribution < -0.4 is 4.74 Å². The van der Waals surface area contributed by atoms with Crippen molar-refractivity contribution in [1.82, 2.24) is 14.4 Å². The Hall–Kier alpha value is -4.90. The summed E-state index contributed by atoms with van der Waals surface area (Å²) in [6, 6.07) is 29.7. The molecule has 0 radical (unpaired) electrons. The van der Waals surface area contributed by atoms with Gasteiger partial charge in [-0.05, 0) is 57.9 Å². The van der Waals surface area contributed by atoms with Gasteiger partial charge in [0.25, 0.3) is 0 Å². The fraction of sp³-hybridized carbons (Fsp3) is 0.318. The van der Waals surface area contributed by atoms with Crippen molar-refractivity contribution < 1.29 is 9.15 Å². The molecule has 0 aliphatic carbocycles. The Balaban J connectivity index is 1.48. The van der Waals surface area contributed by atoms with Crippen LogP contribution in [-0.4, -0.2) is 14.4 Å². The first-order valence-corrected chi connectivity index (χ1v) is 17.3. The van der Waals surface area contributed by atoms with Gasteiger partial charge in [0.15, 0.2) is 5.58 Å². The topological polar surface area (TPSA) is 52.6 Å². The number of ether oxygens (including phenoxy) is 1. The average Bonchev–Trinajstić information content (AvgIpc) is 3.58. The van der Waals surface area contributed by atoms with Gasteiger partial charge < -0.3 is 9.15 Å². The van der Waals surface area contributed by atoms with Gasteiger partial charge in [-0.25, -0.2) is 0 Å². The lowest BCUT2D eigenvalue weighted by molar-refractivity contribution is 0.306. The zero-order valence-electron chi connectivity index (χ0n) is 30.3. The minimum absolute atomic E-state index is 0.188. The summed E-state index contributed by atoms with van der Waals surface area (Å²) in [5.74, 6) is 2.37. The van der Waals surface area contributed by atoms with E-state index in [0.29, 0.717) is 5.84 Å². The molecule has 4 aromatic carbocycles. The SMILES string of the molecule is CC(C)(C)c1cnc(-c2cccc3c2Oc2ccccc2C(C)(C)C3(C)C)c(C(C)(C)C)c1-c1cccc2c1nc1oc3ccccc3n12. The number of aromatic nitrogens is 3. The third-order valence-electron chi connectivity index (χ3n) is 11.1. The predicted octanol–water partition coefficient (Wildman–Crippen LogP) is 11.9. The van der Waals surface area contributed by atoms with E-state index in [1.54, 1.807) is 0 Å². The van der Waals surface area contributed by atoms with E-state index in [4.69, 9.17) is 19.1 Å². The minimum atomic E-state index is -0.285. The normalized spacial score (nSPS) is 15.6. The van der Waals surface area contributed by atoms with Gasteiger partial charge in [-0.15, -0.1) is 0 Å². The highest BCUT2D eigenvalue weighted by molar-refractivity contribution is 5.99. The molecule has 0 atom stereocenters. The Kier molecular flexibility index (Phi) is 6.60. The highest BCUT2D eigenvalue weighted by atomic mass is 16.5. The van der Waals surface area contributed by atoms with Crippen LogP contribution in [0.2, 0.25) is 0 Å². The van der Waals surface area contributed by atoms with Gasteiger partial charge in [-0.3, -0.25) is 9.38 Å². The predicted molar refractivity (Wildman–Crippen MR) is 201 cm³/mol. The Labute approximate surface area is 289 Å². The third-order valence-corrected chi connectivity index (χ3v) is 11.1. The third kappa shape index (κ3) is 4.51. The number of para-hydroxylation sites is 5. The van der Waals surface area contributed by atoms with Crippen molar-refractivity contribution >= 4 is 28.0 Å². The van der Waals surface area contributed by atoms with Crippen molar-refractivity contribution in [2.24, 2.45) is 0 Å². The van der Waals surface area contributed by atoms with E-state index in [1.165, 1.54) is 27.8 Å². The summed E-state index contributed by atoms with van der Waals surface area (Å²) in [6.45, 7) is 23.0. The smallest absolute Gasteiger partial charge is 0.307 e. The monoisotopic (exact) mass is 647 g/mol. The van der Waals surface area contributed by atoms with Crippen LogP contribution in [0.4, 0.5) is 0 Å². The quantitative estimate of drug-likeness (QED) is 0.187.